The number of benzene rings is 2. The lowest BCUT2D eigenvalue weighted by Gasteiger charge is -2.13. The molecule has 0 fully saturated rings. The van der Waals surface area contributed by atoms with E-state index in [1.165, 1.54) is 20.4 Å². The third kappa shape index (κ3) is 5.47. The number of amides is 2. The van der Waals surface area contributed by atoms with Gasteiger partial charge in [-0.15, -0.1) is 0 Å². The summed E-state index contributed by atoms with van der Waals surface area (Å²) in [5.41, 5.74) is 3.71. The van der Waals surface area contributed by atoms with E-state index in [4.69, 9.17) is 14.2 Å². The molecule has 28 heavy (non-hydrogen) atoms. The number of carbonyl (C=O) groups excluding carboxylic acids is 2. The van der Waals surface area contributed by atoms with Crippen LogP contribution < -0.4 is 25.0 Å². The number of nitrogens with zero attached hydrogens (tertiary/aromatic N) is 1. The minimum atomic E-state index is -0.864. The molecule has 0 bridgehead atoms. The second-order valence-electron chi connectivity index (χ2n) is 5.78. The lowest BCUT2D eigenvalue weighted by atomic mass is 10.1. The first-order valence-electron chi connectivity index (χ1n) is 8.48. The Hall–Kier alpha value is -3.55. The number of ether oxygens (including phenoxy) is 3. The van der Waals surface area contributed by atoms with Crippen molar-refractivity contribution in [2.75, 3.05) is 21.3 Å². The largest absolute Gasteiger partial charge is 0.497 e. The topological polar surface area (TPSA) is 98.2 Å². The van der Waals surface area contributed by atoms with Gasteiger partial charge in [-0.3, -0.25) is 9.59 Å². The molecule has 2 amide bonds. The fourth-order valence-electron chi connectivity index (χ4n) is 2.39. The van der Waals surface area contributed by atoms with Crippen molar-refractivity contribution in [1.29, 1.82) is 0 Å². The SMILES string of the molecule is COc1ccc(C(C)NC(=O)C(=O)NN=Cc2ccc(OC)c(OC)c2)cc1. The molecule has 1 unspecified atom stereocenters. The Kier molecular flexibility index (Phi) is 7.38. The van der Waals surface area contributed by atoms with Crippen molar-refractivity contribution in [3.8, 4) is 17.2 Å². The summed E-state index contributed by atoms with van der Waals surface area (Å²) in [7, 11) is 4.64. The second kappa shape index (κ2) is 9.96. The van der Waals surface area contributed by atoms with Crippen LogP contribution in [0, 0.1) is 0 Å². The fourth-order valence-corrected chi connectivity index (χ4v) is 2.39. The minimum absolute atomic E-state index is 0.348. The quantitative estimate of drug-likeness (QED) is 0.432. The average molecular weight is 385 g/mol. The number of hydrogen-bond donors (Lipinski definition) is 2. The molecule has 1 atom stereocenters. The Morgan fingerprint density at radius 3 is 2.21 bits per heavy atom. The summed E-state index contributed by atoms with van der Waals surface area (Å²) < 4.78 is 15.4. The molecule has 8 nitrogen and oxygen atoms in total. The molecule has 0 saturated heterocycles. The molecular weight excluding hydrogens is 362 g/mol. The van der Waals surface area contributed by atoms with Crippen LogP contribution in [0.4, 0.5) is 0 Å². The zero-order valence-electron chi connectivity index (χ0n) is 16.2. The van der Waals surface area contributed by atoms with Crippen molar-refractivity contribution in [2.24, 2.45) is 5.10 Å². The Balaban J connectivity index is 1.91. The molecule has 2 rings (SSSR count). The summed E-state index contributed by atoms with van der Waals surface area (Å²) in [6.07, 6.45) is 1.40. The lowest BCUT2D eigenvalue weighted by Crippen LogP contribution is -2.39. The van der Waals surface area contributed by atoms with Crippen LogP contribution in [0.25, 0.3) is 0 Å². The Morgan fingerprint density at radius 1 is 0.929 bits per heavy atom. The van der Waals surface area contributed by atoms with Gasteiger partial charge in [0.15, 0.2) is 11.5 Å². The van der Waals surface area contributed by atoms with E-state index in [9.17, 15) is 9.59 Å². The van der Waals surface area contributed by atoms with Gasteiger partial charge < -0.3 is 19.5 Å². The van der Waals surface area contributed by atoms with E-state index in [0.717, 1.165) is 5.56 Å². The van der Waals surface area contributed by atoms with Crippen LogP contribution in [-0.2, 0) is 9.59 Å². The molecule has 2 N–H and O–H groups in total. The van der Waals surface area contributed by atoms with Crippen LogP contribution in [0.5, 0.6) is 17.2 Å². The van der Waals surface area contributed by atoms with Gasteiger partial charge in [-0.1, -0.05) is 12.1 Å². The molecular formula is C20H23N3O5. The highest BCUT2D eigenvalue weighted by atomic mass is 16.5. The highest BCUT2D eigenvalue weighted by molar-refractivity contribution is 6.35. The van der Waals surface area contributed by atoms with E-state index in [2.05, 4.69) is 15.8 Å². The van der Waals surface area contributed by atoms with Crippen molar-refractivity contribution in [2.45, 2.75) is 13.0 Å². The maximum absolute atomic E-state index is 12.0. The van der Waals surface area contributed by atoms with Gasteiger partial charge in [-0.25, -0.2) is 5.43 Å². The van der Waals surface area contributed by atoms with Crippen molar-refractivity contribution in [1.82, 2.24) is 10.7 Å². The van der Waals surface area contributed by atoms with E-state index in [-0.39, 0.29) is 6.04 Å². The highest BCUT2D eigenvalue weighted by Crippen LogP contribution is 2.26. The number of hydrogen-bond acceptors (Lipinski definition) is 6. The van der Waals surface area contributed by atoms with Gasteiger partial charge in [0.05, 0.1) is 33.6 Å². The lowest BCUT2D eigenvalue weighted by molar-refractivity contribution is -0.139. The minimum Gasteiger partial charge on any atom is -0.497 e. The molecule has 0 aromatic heterocycles. The van der Waals surface area contributed by atoms with E-state index in [1.54, 1.807) is 44.4 Å². The van der Waals surface area contributed by atoms with Gasteiger partial charge in [0.1, 0.15) is 5.75 Å². The number of nitrogens with one attached hydrogen (secondary N) is 2. The molecule has 8 heteroatoms. The Bertz CT molecular complexity index is 849. The van der Waals surface area contributed by atoms with Crippen LogP contribution in [0.1, 0.15) is 24.1 Å². The maximum Gasteiger partial charge on any atom is 0.329 e. The Morgan fingerprint density at radius 2 is 1.61 bits per heavy atom. The van der Waals surface area contributed by atoms with Gasteiger partial charge in [-0.05, 0) is 48.4 Å². The van der Waals surface area contributed by atoms with Crippen molar-refractivity contribution >= 4 is 18.0 Å². The Labute approximate surface area is 163 Å². The number of carbonyl (C=O) groups is 2. The van der Waals surface area contributed by atoms with Crippen LogP contribution in [0.3, 0.4) is 0 Å². The van der Waals surface area contributed by atoms with Gasteiger partial charge in [-0.2, -0.15) is 5.10 Å². The van der Waals surface area contributed by atoms with Gasteiger partial charge in [0.2, 0.25) is 0 Å². The standard InChI is InChI=1S/C20H23N3O5/c1-13(15-6-8-16(26-2)9-7-15)22-19(24)20(25)23-21-12-14-5-10-17(27-3)18(11-14)28-4/h5-13H,1-4H3,(H,22,24)(H,23,25). The average Bonchev–Trinajstić information content (AvgIpc) is 2.73. The molecule has 2 aromatic rings. The maximum atomic E-state index is 12.0. The highest BCUT2D eigenvalue weighted by Gasteiger charge is 2.16. The van der Waals surface area contributed by atoms with Crippen LogP contribution in [0.2, 0.25) is 0 Å². The van der Waals surface area contributed by atoms with Crippen molar-refractivity contribution in [3.63, 3.8) is 0 Å². The van der Waals surface area contributed by atoms with E-state index in [0.29, 0.717) is 22.8 Å². The zero-order chi connectivity index (χ0) is 20.5. The van der Waals surface area contributed by atoms with Crippen molar-refractivity contribution in [3.05, 3.63) is 53.6 Å². The molecule has 0 saturated carbocycles. The van der Waals surface area contributed by atoms with Gasteiger partial charge in [0.25, 0.3) is 0 Å². The monoisotopic (exact) mass is 385 g/mol. The van der Waals surface area contributed by atoms with E-state index < -0.39 is 11.8 Å². The molecule has 0 spiro atoms. The summed E-state index contributed by atoms with van der Waals surface area (Å²) in [6, 6.07) is 12.0. The van der Waals surface area contributed by atoms with E-state index >= 15 is 0 Å². The van der Waals surface area contributed by atoms with Crippen LogP contribution in [0.15, 0.2) is 47.6 Å². The predicted octanol–water partition coefficient (Wildman–Crippen LogP) is 2.04. The molecule has 2 aromatic carbocycles. The van der Waals surface area contributed by atoms with Crippen molar-refractivity contribution < 1.29 is 23.8 Å². The molecule has 0 aliphatic heterocycles. The summed E-state index contributed by atoms with van der Waals surface area (Å²) in [5.74, 6) is 0.175. The predicted molar refractivity (Wildman–Crippen MR) is 105 cm³/mol. The third-order valence-corrected chi connectivity index (χ3v) is 3.96. The zero-order valence-corrected chi connectivity index (χ0v) is 16.2. The first-order chi connectivity index (χ1) is 13.5. The number of hydrazone groups is 1. The third-order valence-electron chi connectivity index (χ3n) is 3.96. The summed E-state index contributed by atoms with van der Waals surface area (Å²) in [6.45, 7) is 1.78. The second-order valence-corrected chi connectivity index (χ2v) is 5.78. The first kappa shape index (κ1) is 20.8. The van der Waals surface area contributed by atoms with Gasteiger partial charge in [0, 0.05) is 0 Å². The van der Waals surface area contributed by atoms with Crippen LogP contribution in [-0.4, -0.2) is 39.4 Å². The van der Waals surface area contributed by atoms with E-state index in [1.807, 2.05) is 12.1 Å². The molecule has 0 aliphatic rings. The normalized spacial score (nSPS) is 11.6. The molecule has 148 valence electrons. The molecule has 0 aliphatic carbocycles. The first-order valence-corrected chi connectivity index (χ1v) is 8.48. The summed E-state index contributed by atoms with van der Waals surface area (Å²) in [5, 5.41) is 6.41. The van der Waals surface area contributed by atoms with Crippen LogP contribution >= 0.6 is 0 Å². The summed E-state index contributed by atoms with van der Waals surface area (Å²) >= 11 is 0. The smallest absolute Gasteiger partial charge is 0.329 e. The number of methoxy groups -OCH3 is 3. The fraction of sp³-hybridized carbons (Fsp3) is 0.250. The molecule has 0 radical (unpaired) electrons. The molecule has 0 heterocycles. The number of rotatable bonds is 7. The summed E-state index contributed by atoms with van der Waals surface area (Å²) in [4.78, 5) is 23.9. The van der Waals surface area contributed by atoms with Gasteiger partial charge >= 0.3 is 11.8 Å².